The number of methoxy groups -OCH3 is 4. The second-order valence-electron chi connectivity index (χ2n) is 41.3. The molecule has 12 heteroatoms. The Morgan fingerprint density at radius 3 is 0.567 bits per heavy atom. The summed E-state index contributed by atoms with van der Waals surface area (Å²) in [6, 6.07) is 2.17. The van der Waals surface area contributed by atoms with Crippen LogP contribution in [0.2, 0.25) is 0 Å². The first-order valence-electron chi connectivity index (χ1n) is 46.4. The molecule has 12 nitrogen and oxygen atoms in total. The summed E-state index contributed by atoms with van der Waals surface area (Å²) in [5.41, 5.74) is 0. The van der Waals surface area contributed by atoms with Crippen molar-refractivity contribution in [2.24, 2.45) is 166 Å². The summed E-state index contributed by atoms with van der Waals surface area (Å²) in [6.45, 7) is 0. The van der Waals surface area contributed by atoms with Gasteiger partial charge in [-0.15, -0.1) is 0 Å². The monoisotopic (exact) mass is 1430 g/mol. The summed E-state index contributed by atoms with van der Waals surface area (Å²) in [4.78, 5) is 68.6. The van der Waals surface area contributed by atoms with E-state index < -0.39 is 0 Å². The Kier molecular flexibility index (Phi) is 21.4. The van der Waals surface area contributed by atoms with Crippen molar-refractivity contribution in [1.29, 1.82) is 0 Å². The van der Waals surface area contributed by atoms with Gasteiger partial charge in [-0.25, -0.2) is 0 Å². The maximum atomic E-state index is 17.1. The van der Waals surface area contributed by atoms with Gasteiger partial charge in [0, 0.05) is 124 Å². The largest absolute Gasteiger partial charge is 0.380 e. The van der Waals surface area contributed by atoms with Gasteiger partial charge >= 0.3 is 0 Å². The molecule has 0 spiro atoms. The van der Waals surface area contributed by atoms with E-state index in [4.69, 9.17) is 40.2 Å². The van der Waals surface area contributed by atoms with E-state index in [0.717, 1.165) is 154 Å². The molecule has 0 aromatic carbocycles. The molecule has 4 N–H and O–H groups in total. The van der Waals surface area contributed by atoms with Crippen molar-refractivity contribution in [1.82, 2.24) is 21.3 Å². The molecule has 0 aromatic heterocycles. The highest BCUT2D eigenvalue weighted by atomic mass is 16.5. The molecule has 7 aliphatic heterocycles. The normalized spacial score (nSPS) is 54.7. The summed E-state index contributed by atoms with van der Waals surface area (Å²) in [5, 5.41) is 19.3. The lowest BCUT2D eigenvalue weighted by atomic mass is 9.48. The first kappa shape index (κ1) is 72.6. The molecule has 20 bridgehead atoms. The predicted octanol–water partition coefficient (Wildman–Crippen LogP) is 16.3. The van der Waals surface area contributed by atoms with E-state index in [2.05, 4.69) is 0 Å². The van der Waals surface area contributed by atoms with E-state index in [1.54, 1.807) is 0 Å². The molecule has 0 aromatic rings. The van der Waals surface area contributed by atoms with Crippen LogP contribution in [0.3, 0.4) is 0 Å². The number of fused-ring (bicyclic) bond motifs is 34. The lowest BCUT2D eigenvalue weighted by molar-refractivity contribution is -0.184. The number of hydrogen-bond donors (Lipinski definition) is 4. The van der Waals surface area contributed by atoms with Gasteiger partial charge in [0.1, 0.15) is 23.1 Å². The van der Waals surface area contributed by atoms with Crippen LogP contribution in [0, 0.1) is 166 Å². The lowest BCUT2D eigenvalue weighted by Crippen LogP contribution is -2.61. The zero-order valence-corrected chi connectivity index (χ0v) is 65.5. The van der Waals surface area contributed by atoms with Gasteiger partial charge in [0.15, 0.2) is 0 Å². The van der Waals surface area contributed by atoms with E-state index >= 15 is 19.2 Å². The summed E-state index contributed by atoms with van der Waals surface area (Å²) in [7, 11) is 8.01. The van der Waals surface area contributed by atoms with E-state index in [9.17, 15) is 0 Å². The molecule has 0 radical (unpaired) electrons. The first-order chi connectivity index (χ1) is 51.1. The Balaban J connectivity index is 0.780. The average molecular weight is 1430 g/mol. The topological polar surface area (TPSA) is 153 Å². The summed E-state index contributed by atoms with van der Waals surface area (Å²) < 4.78 is 28.9. The van der Waals surface area contributed by atoms with Crippen LogP contribution in [0.4, 0.5) is 0 Å². The van der Waals surface area contributed by atoms with Gasteiger partial charge in [-0.2, -0.15) is 0 Å². The average Bonchev–Trinajstić information content (AvgIpc) is 0.988. The molecule has 19 aliphatic rings. The molecular weight excluding hydrogens is 1290 g/mol. The van der Waals surface area contributed by atoms with E-state index in [0.29, 0.717) is 94.1 Å². The number of ketones is 4. The van der Waals surface area contributed by atoms with Crippen LogP contribution >= 0.6 is 0 Å². The van der Waals surface area contributed by atoms with Crippen LogP contribution in [0.5, 0.6) is 0 Å². The van der Waals surface area contributed by atoms with E-state index in [1.807, 2.05) is 28.4 Å². The minimum absolute atomic E-state index is 0.00800. The molecule has 7 saturated heterocycles. The Morgan fingerprint density at radius 1 is 0.202 bits per heavy atom. The summed E-state index contributed by atoms with van der Waals surface area (Å²) in [6.07, 6.45) is 50.0. The van der Waals surface area contributed by atoms with E-state index in [-0.39, 0.29) is 167 Å². The summed E-state index contributed by atoms with van der Waals surface area (Å²) in [5.74, 6) is 9.02. The number of carbonyl (C=O) groups excluding carboxylic acids is 4. The molecule has 19 fully saturated rings. The number of carbonyl (C=O) groups is 4. The number of rotatable bonds is 4. The fourth-order valence-corrected chi connectivity index (χ4v) is 34.6. The second-order valence-corrected chi connectivity index (χ2v) is 41.3. The van der Waals surface area contributed by atoms with Crippen LogP contribution < -0.4 is 21.3 Å². The Labute approximate surface area is 628 Å². The van der Waals surface area contributed by atoms with Crippen molar-refractivity contribution >= 4 is 23.1 Å². The third kappa shape index (κ3) is 12.4. The van der Waals surface area contributed by atoms with E-state index in [1.165, 1.54) is 128 Å². The molecule has 580 valence electrons. The maximum Gasteiger partial charge on any atom is 0.141 e. The molecule has 12 saturated carbocycles. The number of ether oxygens (including phenoxy) is 4. The smallest absolute Gasteiger partial charge is 0.141 e. The standard InChI is InChI=1S/C92H144N4O8/c1-101-89-65-45-49-21-5-9-25-53(49)81(89)82-54-26-10-6-22-50(54)46-66(90(82)102-2)86(98)62-34-18-14-30-58(62)78-70-38-37-69(93-70)77(57-29-13-17-33-61(57)85(65)97)73-41-42-74(95-73)79-59-31-15-19-35-63(59)87(99)67-47-51-23-7-11-27-55(51)83(91(67)103-3)84-56-28-12-8-24-52(56)48-68(92(84)104-4)88(100)64-36-20-16-32-60(64)80(72-40-39-71(79)94-72)76-44-43-75(78)96-76/h49-84,89-96H,5-48H2,1-4H3. The van der Waals surface area contributed by atoms with Crippen molar-refractivity contribution in [3.05, 3.63) is 0 Å². The van der Waals surface area contributed by atoms with Gasteiger partial charge in [-0.05, 0) is 272 Å². The molecule has 12 aliphatic carbocycles. The lowest BCUT2D eigenvalue weighted by Gasteiger charge is -2.58. The minimum Gasteiger partial charge on any atom is -0.380 e. The van der Waals surface area contributed by atoms with Crippen LogP contribution in [-0.2, 0) is 38.1 Å². The van der Waals surface area contributed by atoms with Crippen LogP contribution in [0.25, 0.3) is 0 Å². The molecule has 19 rings (SSSR count). The Morgan fingerprint density at radius 2 is 0.375 bits per heavy atom. The maximum absolute atomic E-state index is 17.1. The number of Topliss-reactive ketones (excluding diaryl/α,β-unsaturated/α-hetero) is 4. The molecule has 104 heavy (non-hydrogen) atoms. The van der Waals surface area contributed by atoms with Crippen LogP contribution in [0.15, 0.2) is 0 Å². The fourth-order valence-electron chi connectivity index (χ4n) is 34.6. The number of hydrogen-bond acceptors (Lipinski definition) is 12. The molecule has 0 amide bonds. The van der Waals surface area contributed by atoms with Crippen molar-refractivity contribution in [2.75, 3.05) is 28.4 Å². The van der Waals surface area contributed by atoms with Gasteiger partial charge in [0.05, 0.1) is 24.4 Å². The first-order valence-corrected chi connectivity index (χ1v) is 46.4. The highest BCUT2D eigenvalue weighted by Crippen LogP contribution is 2.64. The van der Waals surface area contributed by atoms with Gasteiger partial charge < -0.3 is 40.2 Å². The van der Waals surface area contributed by atoms with Crippen LogP contribution in [-0.4, -0.2) is 124 Å². The minimum atomic E-state index is -0.152. The Bertz CT molecular complexity index is 2650. The quantitative estimate of drug-likeness (QED) is 0.212. The molecule has 36 atom stereocenters. The van der Waals surface area contributed by atoms with Gasteiger partial charge in [0.25, 0.3) is 0 Å². The SMILES string of the molecule is COC1C2CC3CCCCC3C1C1C3CCCCC3CC(C(=O)C3CCCCC3C3C4CCC(N4)C(C4CCC(N4)C4C5CCC(N5)C(C5CCC3N5)C3CCCCC3C(=O)C3CC5CCCCC5C(C3OC)C3C5CCCCC5CC(C(=O)C5CCCCC54)C3OC)C3CCCCC3C2=O)C1OC. The second kappa shape index (κ2) is 30.7. The van der Waals surface area contributed by atoms with Gasteiger partial charge in [0.2, 0.25) is 0 Å². The van der Waals surface area contributed by atoms with Gasteiger partial charge in [-0.1, -0.05) is 128 Å². The van der Waals surface area contributed by atoms with Crippen molar-refractivity contribution in [3.8, 4) is 0 Å². The van der Waals surface area contributed by atoms with Gasteiger partial charge in [-0.3, -0.25) is 19.2 Å². The third-order valence-corrected chi connectivity index (χ3v) is 37.9. The van der Waals surface area contributed by atoms with Crippen molar-refractivity contribution < 1.29 is 38.1 Å². The molecule has 36 unspecified atom stereocenters. The highest BCUT2D eigenvalue weighted by Gasteiger charge is 2.65. The van der Waals surface area contributed by atoms with Crippen LogP contribution in [0.1, 0.15) is 283 Å². The highest BCUT2D eigenvalue weighted by molar-refractivity contribution is 5.87. The molecular formula is C92H144N4O8. The Hall–Kier alpha value is -1.64. The third-order valence-electron chi connectivity index (χ3n) is 37.9. The number of nitrogens with one attached hydrogen (secondary N) is 4. The molecule has 7 heterocycles. The fraction of sp³-hybridized carbons (Fsp3) is 0.957. The zero-order valence-electron chi connectivity index (χ0n) is 65.5. The van der Waals surface area contributed by atoms with Crippen molar-refractivity contribution in [3.63, 3.8) is 0 Å². The summed E-state index contributed by atoms with van der Waals surface area (Å²) >= 11 is 0. The zero-order chi connectivity index (χ0) is 70.2. The van der Waals surface area contributed by atoms with Crippen molar-refractivity contribution in [2.45, 2.75) is 355 Å². The predicted molar refractivity (Wildman–Crippen MR) is 407 cm³/mol.